The van der Waals surface area contributed by atoms with Crippen molar-refractivity contribution in [2.75, 3.05) is 5.75 Å². The predicted molar refractivity (Wildman–Crippen MR) is 105 cm³/mol. The highest BCUT2D eigenvalue weighted by Crippen LogP contribution is 2.32. The van der Waals surface area contributed by atoms with E-state index in [-0.39, 0.29) is 5.75 Å². The zero-order valence-corrected chi connectivity index (χ0v) is 15.4. The minimum atomic E-state index is 0.240. The van der Waals surface area contributed by atoms with Gasteiger partial charge >= 0.3 is 0 Å². The fourth-order valence-electron chi connectivity index (χ4n) is 2.16. The van der Waals surface area contributed by atoms with Gasteiger partial charge in [0.15, 0.2) is 4.34 Å². The molecule has 0 fully saturated rings. The molecule has 0 radical (unpaired) electrons. The van der Waals surface area contributed by atoms with Gasteiger partial charge in [-0.25, -0.2) is 4.98 Å². The Morgan fingerprint density at radius 1 is 1.25 bits per heavy atom. The number of rotatable bonds is 6. The third-order valence-corrected chi connectivity index (χ3v) is 5.76. The minimum absolute atomic E-state index is 0.240. The van der Waals surface area contributed by atoms with Crippen LogP contribution in [0.2, 0.25) is 0 Å². The maximum Gasteiger partial charge on any atom is 0.151 e. The molecule has 0 aliphatic rings. The Morgan fingerprint density at radius 3 is 2.88 bits per heavy atom. The SMILES string of the molecule is CC(C)CCSc1nc2ccc(N=Cc3ccccc3O)cc2s1. The van der Waals surface area contributed by atoms with E-state index in [1.54, 1.807) is 29.7 Å². The van der Waals surface area contributed by atoms with E-state index in [0.717, 1.165) is 31.9 Å². The molecule has 1 heterocycles. The molecule has 0 atom stereocenters. The van der Waals surface area contributed by atoms with Crippen LogP contribution in [0.3, 0.4) is 0 Å². The number of benzene rings is 2. The van der Waals surface area contributed by atoms with E-state index in [9.17, 15) is 5.11 Å². The number of fused-ring (bicyclic) bond motifs is 1. The second-order valence-corrected chi connectivity index (χ2v) is 8.35. The molecule has 0 aliphatic heterocycles. The Bertz CT molecular complexity index is 855. The van der Waals surface area contributed by atoms with Crippen LogP contribution in [0.5, 0.6) is 5.75 Å². The first kappa shape index (κ1) is 17.0. The van der Waals surface area contributed by atoms with Crippen LogP contribution in [-0.2, 0) is 0 Å². The van der Waals surface area contributed by atoms with Crippen molar-refractivity contribution in [3.63, 3.8) is 0 Å². The number of hydrogen-bond donors (Lipinski definition) is 1. The van der Waals surface area contributed by atoms with E-state index in [4.69, 9.17) is 0 Å². The van der Waals surface area contributed by atoms with Gasteiger partial charge in [-0.05, 0) is 42.7 Å². The third kappa shape index (κ3) is 4.36. The number of nitrogens with zero attached hydrogens (tertiary/aromatic N) is 2. The summed E-state index contributed by atoms with van der Waals surface area (Å²) in [5.74, 6) is 2.07. The van der Waals surface area contributed by atoms with E-state index in [1.165, 1.54) is 6.42 Å². The topological polar surface area (TPSA) is 45.5 Å². The molecule has 2 aromatic carbocycles. The smallest absolute Gasteiger partial charge is 0.151 e. The number of thiazole rings is 1. The van der Waals surface area contributed by atoms with Crippen LogP contribution in [0.1, 0.15) is 25.8 Å². The Morgan fingerprint density at radius 2 is 2.08 bits per heavy atom. The van der Waals surface area contributed by atoms with Gasteiger partial charge < -0.3 is 5.11 Å². The molecular formula is C19H20N2OS2. The highest BCUT2D eigenvalue weighted by Gasteiger charge is 2.06. The van der Waals surface area contributed by atoms with Gasteiger partial charge in [0.05, 0.1) is 15.9 Å². The summed E-state index contributed by atoms with van der Waals surface area (Å²) in [6.45, 7) is 4.49. The van der Waals surface area contributed by atoms with Gasteiger partial charge in [0.25, 0.3) is 0 Å². The minimum Gasteiger partial charge on any atom is -0.507 e. The van der Waals surface area contributed by atoms with Crippen molar-refractivity contribution in [3.8, 4) is 5.75 Å². The van der Waals surface area contributed by atoms with Crippen molar-refractivity contribution in [2.24, 2.45) is 10.9 Å². The predicted octanol–water partition coefficient (Wildman–Crippen LogP) is 5.89. The number of thioether (sulfide) groups is 1. The van der Waals surface area contributed by atoms with Gasteiger partial charge in [-0.1, -0.05) is 37.7 Å². The number of phenols is 1. The van der Waals surface area contributed by atoms with Gasteiger partial charge in [-0.15, -0.1) is 11.3 Å². The maximum atomic E-state index is 9.78. The molecule has 0 saturated carbocycles. The van der Waals surface area contributed by atoms with Crippen molar-refractivity contribution in [2.45, 2.75) is 24.6 Å². The molecule has 0 spiro atoms. The van der Waals surface area contributed by atoms with Crippen LogP contribution in [0.25, 0.3) is 10.2 Å². The monoisotopic (exact) mass is 356 g/mol. The molecule has 1 aromatic heterocycles. The highest BCUT2D eigenvalue weighted by molar-refractivity contribution is 8.01. The fourth-order valence-corrected chi connectivity index (χ4v) is 4.57. The number of phenolic OH excluding ortho intramolecular Hbond substituents is 1. The number of para-hydroxylation sites is 1. The number of hydrogen-bond acceptors (Lipinski definition) is 5. The second-order valence-electron chi connectivity index (χ2n) is 5.98. The van der Waals surface area contributed by atoms with Crippen molar-refractivity contribution in [3.05, 3.63) is 48.0 Å². The lowest BCUT2D eigenvalue weighted by Gasteiger charge is -2.00. The molecule has 3 aromatic rings. The summed E-state index contributed by atoms with van der Waals surface area (Å²) >= 11 is 3.54. The van der Waals surface area contributed by atoms with Crippen LogP contribution < -0.4 is 0 Å². The zero-order chi connectivity index (χ0) is 16.9. The van der Waals surface area contributed by atoms with E-state index < -0.39 is 0 Å². The molecule has 124 valence electrons. The molecule has 24 heavy (non-hydrogen) atoms. The van der Waals surface area contributed by atoms with Gasteiger partial charge in [-0.2, -0.15) is 0 Å². The van der Waals surface area contributed by atoms with Crippen LogP contribution in [0.15, 0.2) is 51.8 Å². The lowest BCUT2D eigenvalue weighted by molar-refractivity contribution is 0.474. The number of aliphatic imine (C=N–C) groups is 1. The summed E-state index contributed by atoms with van der Waals surface area (Å²) in [5.41, 5.74) is 2.61. The summed E-state index contributed by atoms with van der Waals surface area (Å²) in [7, 11) is 0. The average Bonchev–Trinajstić information content (AvgIpc) is 2.95. The molecule has 1 N–H and O–H groups in total. The molecule has 3 rings (SSSR count). The highest BCUT2D eigenvalue weighted by atomic mass is 32.2. The van der Waals surface area contributed by atoms with Crippen LogP contribution in [0, 0.1) is 5.92 Å². The molecule has 0 aliphatic carbocycles. The molecular weight excluding hydrogens is 336 g/mol. The summed E-state index contributed by atoms with van der Waals surface area (Å²) in [4.78, 5) is 9.14. The summed E-state index contributed by atoms with van der Waals surface area (Å²) in [5, 5.41) is 9.78. The van der Waals surface area contributed by atoms with Crippen LogP contribution in [0.4, 0.5) is 5.69 Å². The van der Waals surface area contributed by atoms with Crippen molar-refractivity contribution in [1.82, 2.24) is 4.98 Å². The first-order valence-electron chi connectivity index (χ1n) is 7.97. The third-order valence-electron chi connectivity index (χ3n) is 3.56. The van der Waals surface area contributed by atoms with E-state index in [2.05, 4.69) is 29.9 Å². The summed E-state index contributed by atoms with van der Waals surface area (Å²) in [6.07, 6.45) is 2.90. The van der Waals surface area contributed by atoms with Gasteiger partial charge in [0.2, 0.25) is 0 Å². The first-order chi connectivity index (χ1) is 11.6. The average molecular weight is 357 g/mol. The Labute approximate surface area is 150 Å². The fraction of sp³-hybridized carbons (Fsp3) is 0.263. The van der Waals surface area contributed by atoms with Gasteiger partial charge in [-0.3, -0.25) is 4.99 Å². The van der Waals surface area contributed by atoms with E-state index in [1.807, 2.05) is 36.0 Å². The normalized spacial score (nSPS) is 11.8. The van der Waals surface area contributed by atoms with Crippen LogP contribution >= 0.6 is 23.1 Å². The molecule has 5 heteroatoms. The molecule has 0 bridgehead atoms. The quantitative estimate of drug-likeness (QED) is 0.442. The molecule has 0 amide bonds. The Kier molecular flexibility index (Phi) is 5.53. The van der Waals surface area contributed by atoms with Crippen molar-refractivity contribution in [1.29, 1.82) is 0 Å². The first-order valence-corrected chi connectivity index (χ1v) is 9.77. The van der Waals surface area contributed by atoms with Gasteiger partial charge in [0, 0.05) is 17.5 Å². The largest absolute Gasteiger partial charge is 0.507 e. The summed E-state index contributed by atoms with van der Waals surface area (Å²) in [6, 6.07) is 13.2. The summed E-state index contributed by atoms with van der Waals surface area (Å²) < 4.78 is 2.27. The second kappa shape index (κ2) is 7.81. The standard InChI is InChI=1S/C19H20N2OS2/c1-13(2)9-10-23-19-21-16-8-7-15(11-18(16)24-19)20-12-14-5-3-4-6-17(14)22/h3-8,11-13,22H,9-10H2,1-2H3. The Balaban J connectivity index is 1.75. The number of aromatic hydroxyl groups is 1. The maximum absolute atomic E-state index is 9.78. The Hall–Kier alpha value is -1.85. The lowest BCUT2D eigenvalue weighted by Crippen LogP contribution is -1.88. The van der Waals surface area contributed by atoms with Crippen molar-refractivity contribution >= 4 is 45.2 Å². The van der Waals surface area contributed by atoms with Crippen molar-refractivity contribution < 1.29 is 5.11 Å². The zero-order valence-electron chi connectivity index (χ0n) is 13.8. The molecule has 0 saturated heterocycles. The van der Waals surface area contributed by atoms with Gasteiger partial charge in [0.1, 0.15) is 5.75 Å². The van der Waals surface area contributed by atoms with E-state index in [0.29, 0.717) is 5.56 Å². The molecule has 0 unspecified atom stereocenters. The number of aromatic nitrogens is 1. The molecule has 3 nitrogen and oxygen atoms in total. The van der Waals surface area contributed by atoms with E-state index >= 15 is 0 Å². The van der Waals surface area contributed by atoms with Crippen LogP contribution in [-0.4, -0.2) is 22.1 Å². The lowest BCUT2D eigenvalue weighted by atomic mass is 10.2.